The molecule has 3 heterocycles. The van der Waals surface area contributed by atoms with E-state index in [1.807, 2.05) is 16.0 Å². The Labute approximate surface area is 144 Å². The molecule has 1 saturated heterocycles. The molecule has 0 radical (unpaired) electrons. The summed E-state index contributed by atoms with van der Waals surface area (Å²) in [5, 5.41) is 4.94. The Hall–Kier alpha value is -2.18. The molecule has 2 aromatic heterocycles. The van der Waals surface area contributed by atoms with Crippen LogP contribution in [0.15, 0.2) is 48.1 Å². The highest BCUT2D eigenvalue weighted by molar-refractivity contribution is 7.15. The van der Waals surface area contributed by atoms with E-state index in [9.17, 15) is 4.79 Å². The third-order valence-corrected chi connectivity index (χ3v) is 5.35. The fourth-order valence-electron chi connectivity index (χ4n) is 3.29. The molecule has 0 bridgehead atoms. The highest BCUT2D eigenvalue weighted by Gasteiger charge is 2.23. The molecule has 0 spiro atoms. The summed E-state index contributed by atoms with van der Waals surface area (Å²) in [5.74, 6) is 0.520. The summed E-state index contributed by atoms with van der Waals surface area (Å²) >= 11 is 1.53. The molecule has 1 amide bonds. The van der Waals surface area contributed by atoms with E-state index >= 15 is 0 Å². The highest BCUT2D eigenvalue weighted by atomic mass is 32.1. The van der Waals surface area contributed by atoms with E-state index in [1.54, 1.807) is 6.20 Å². The van der Waals surface area contributed by atoms with Gasteiger partial charge in [-0.05, 0) is 24.4 Å². The fourth-order valence-corrected chi connectivity index (χ4v) is 3.99. The molecule has 1 aromatic carbocycles. The SMILES string of the molecule is O=C(NCCN1CCC(c2ccccc2)C1)c1cn2ccsc2n1. The highest BCUT2D eigenvalue weighted by Crippen LogP contribution is 2.26. The molecule has 0 aliphatic carbocycles. The number of aromatic nitrogens is 2. The number of benzene rings is 1. The lowest BCUT2D eigenvalue weighted by molar-refractivity contribution is 0.0945. The monoisotopic (exact) mass is 340 g/mol. The summed E-state index contributed by atoms with van der Waals surface area (Å²) in [6, 6.07) is 10.7. The van der Waals surface area contributed by atoms with Crippen molar-refractivity contribution in [2.24, 2.45) is 0 Å². The van der Waals surface area contributed by atoms with Gasteiger partial charge in [-0.2, -0.15) is 0 Å². The van der Waals surface area contributed by atoms with Crippen LogP contribution < -0.4 is 5.32 Å². The number of carbonyl (C=O) groups excluding carboxylic acids is 1. The van der Waals surface area contributed by atoms with Gasteiger partial charge in [0.25, 0.3) is 5.91 Å². The van der Waals surface area contributed by atoms with E-state index in [4.69, 9.17) is 0 Å². The van der Waals surface area contributed by atoms with Gasteiger partial charge >= 0.3 is 0 Å². The summed E-state index contributed by atoms with van der Waals surface area (Å²) < 4.78 is 1.88. The lowest BCUT2D eigenvalue weighted by Crippen LogP contribution is -2.34. The maximum atomic E-state index is 12.2. The van der Waals surface area contributed by atoms with Crippen LogP contribution in [0.2, 0.25) is 0 Å². The van der Waals surface area contributed by atoms with Crippen LogP contribution in [0.3, 0.4) is 0 Å². The average Bonchev–Trinajstić information content (AvgIpc) is 3.31. The topological polar surface area (TPSA) is 49.6 Å². The fraction of sp³-hybridized carbons (Fsp3) is 0.333. The molecule has 1 N–H and O–H groups in total. The van der Waals surface area contributed by atoms with Gasteiger partial charge in [0.05, 0.1) is 0 Å². The van der Waals surface area contributed by atoms with Crippen LogP contribution in [0.5, 0.6) is 0 Å². The maximum Gasteiger partial charge on any atom is 0.271 e. The van der Waals surface area contributed by atoms with Gasteiger partial charge in [-0.3, -0.25) is 9.20 Å². The third kappa shape index (κ3) is 3.20. The van der Waals surface area contributed by atoms with E-state index in [-0.39, 0.29) is 5.91 Å². The van der Waals surface area contributed by atoms with E-state index in [2.05, 4.69) is 45.5 Å². The largest absolute Gasteiger partial charge is 0.349 e. The zero-order valence-electron chi connectivity index (χ0n) is 13.4. The van der Waals surface area contributed by atoms with Crippen LogP contribution in [0.1, 0.15) is 28.4 Å². The van der Waals surface area contributed by atoms with Crippen LogP contribution in [0, 0.1) is 0 Å². The van der Waals surface area contributed by atoms with Gasteiger partial charge in [0.1, 0.15) is 5.69 Å². The second-order valence-electron chi connectivity index (χ2n) is 6.17. The van der Waals surface area contributed by atoms with Crippen LogP contribution in [0.25, 0.3) is 4.96 Å². The Morgan fingerprint density at radius 1 is 1.33 bits per heavy atom. The Morgan fingerprint density at radius 2 is 2.21 bits per heavy atom. The molecule has 0 saturated carbocycles. The van der Waals surface area contributed by atoms with Crippen molar-refractivity contribution in [1.29, 1.82) is 0 Å². The Balaban J connectivity index is 1.26. The van der Waals surface area contributed by atoms with Gasteiger partial charge in [0.2, 0.25) is 0 Å². The Morgan fingerprint density at radius 3 is 3.04 bits per heavy atom. The van der Waals surface area contributed by atoms with Gasteiger partial charge in [-0.15, -0.1) is 11.3 Å². The molecule has 1 fully saturated rings. The van der Waals surface area contributed by atoms with Gasteiger partial charge in [-0.25, -0.2) is 4.98 Å². The summed E-state index contributed by atoms with van der Waals surface area (Å²) in [5.41, 5.74) is 1.91. The number of hydrogen-bond acceptors (Lipinski definition) is 4. The molecular formula is C18H20N4OS. The van der Waals surface area contributed by atoms with Crippen molar-refractivity contribution in [3.8, 4) is 0 Å². The van der Waals surface area contributed by atoms with Crippen molar-refractivity contribution < 1.29 is 4.79 Å². The summed E-state index contributed by atoms with van der Waals surface area (Å²) in [6.45, 7) is 3.71. The number of amides is 1. The van der Waals surface area contributed by atoms with Crippen LogP contribution >= 0.6 is 11.3 Å². The smallest absolute Gasteiger partial charge is 0.271 e. The van der Waals surface area contributed by atoms with Gasteiger partial charge < -0.3 is 10.2 Å². The molecule has 5 nitrogen and oxygen atoms in total. The quantitative estimate of drug-likeness (QED) is 0.777. The molecule has 24 heavy (non-hydrogen) atoms. The number of carbonyl (C=O) groups is 1. The van der Waals surface area contributed by atoms with Crippen LogP contribution in [0.4, 0.5) is 0 Å². The molecule has 1 unspecified atom stereocenters. The minimum absolute atomic E-state index is 0.0929. The van der Waals surface area contributed by atoms with Crippen molar-refractivity contribution in [3.63, 3.8) is 0 Å². The zero-order chi connectivity index (χ0) is 16.4. The first-order valence-corrected chi connectivity index (χ1v) is 9.15. The van der Waals surface area contributed by atoms with E-state index in [0.29, 0.717) is 18.2 Å². The van der Waals surface area contributed by atoms with Crippen molar-refractivity contribution in [2.75, 3.05) is 26.2 Å². The standard InChI is InChI=1S/C18H20N4OS/c23-17(16-13-22-10-11-24-18(22)20-16)19-7-9-21-8-6-15(12-21)14-4-2-1-3-5-14/h1-5,10-11,13,15H,6-9,12H2,(H,19,23). The number of nitrogens with one attached hydrogen (secondary N) is 1. The lowest BCUT2D eigenvalue weighted by Gasteiger charge is -2.16. The predicted octanol–water partition coefficient (Wildman–Crippen LogP) is 2.62. The third-order valence-electron chi connectivity index (χ3n) is 4.58. The maximum absolute atomic E-state index is 12.2. The summed E-state index contributed by atoms with van der Waals surface area (Å²) in [6.07, 6.45) is 4.88. The van der Waals surface area contributed by atoms with Gasteiger partial charge in [0, 0.05) is 37.4 Å². The first-order chi connectivity index (χ1) is 11.8. The number of imidazole rings is 1. The van der Waals surface area contributed by atoms with E-state index in [1.165, 1.54) is 23.3 Å². The van der Waals surface area contributed by atoms with Crippen LogP contribution in [-0.4, -0.2) is 46.4 Å². The minimum atomic E-state index is -0.0929. The lowest BCUT2D eigenvalue weighted by atomic mass is 9.99. The predicted molar refractivity (Wildman–Crippen MR) is 95.6 cm³/mol. The number of likely N-dealkylation sites (tertiary alicyclic amines) is 1. The van der Waals surface area contributed by atoms with Crippen molar-refractivity contribution in [1.82, 2.24) is 19.6 Å². The zero-order valence-corrected chi connectivity index (χ0v) is 14.2. The second-order valence-corrected chi connectivity index (χ2v) is 7.04. The first kappa shape index (κ1) is 15.4. The molecule has 1 aliphatic rings. The van der Waals surface area contributed by atoms with Crippen molar-refractivity contribution in [2.45, 2.75) is 12.3 Å². The first-order valence-electron chi connectivity index (χ1n) is 8.27. The summed E-state index contributed by atoms with van der Waals surface area (Å²) in [4.78, 5) is 19.8. The molecular weight excluding hydrogens is 320 g/mol. The normalized spacial score (nSPS) is 18.2. The number of hydrogen-bond donors (Lipinski definition) is 1. The van der Waals surface area contributed by atoms with E-state index < -0.39 is 0 Å². The number of nitrogens with zero attached hydrogens (tertiary/aromatic N) is 3. The molecule has 6 heteroatoms. The van der Waals surface area contributed by atoms with Crippen molar-refractivity contribution in [3.05, 3.63) is 59.4 Å². The van der Waals surface area contributed by atoms with Gasteiger partial charge in [0.15, 0.2) is 4.96 Å². The van der Waals surface area contributed by atoms with E-state index in [0.717, 1.165) is 24.6 Å². The number of fused-ring (bicyclic) bond motifs is 1. The average molecular weight is 340 g/mol. The molecule has 3 aromatic rings. The molecule has 124 valence electrons. The second kappa shape index (κ2) is 6.75. The Bertz CT molecular complexity index is 797. The molecule has 4 rings (SSSR count). The van der Waals surface area contributed by atoms with Crippen molar-refractivity contribution >= 4 is 22.2 Å². The van der Waals surface area contributed by atoms with Gasteiger partial charge in [-0.1, -0.05) is 30.3 Å². The molecule has 1 atom stereocenters. The summed E-state index contributed by atoms with van der Waals surface area (Å²) in [7, 11) is 0. The number of rotatable bonds is 5. The molecule has 1 aliphatic heterocycles. The Kier molecular flexibility index (Phi) is 4.32. The number of thiazole rings is 1. The minimum Gasteiger partial charge on any atom is -0.349 e. The van der Waals surface area contributed by atoms with Crippen LogP contribution in [-0.2, 0) is 0 Å².